The monoisotopic (exact) mass is 251 g/mol. The van der Waals surface area contributed by atoms with Gasteiger partial charge in [0.25, 0.3) is 0 Å². The average Bonchev–Trinajstić information content (AvgIpc) is 2.31. The summed E-state index contributed by atoms with van der Waals surface area (Å²) >= 11 is 7.05. The summed E-state index contributed by atoms with van der Waals surface area (Å²) in [5, 5.41) is 1.41. The van der Waals surface area contributed by atoms with E-state index >= 15 is 0 Å². The number of halogens is 1. The summed E-state index contributed by atoms with van der Waals surface area (Å²) in [6, 6.07) is 5.51. The first-order chi connectivity index (χ1) is 7.81. The van der Waals surface area contributed by atoms with Crippen molar-refractivity contribution in [3.8, 4) is 0 Å². The lowest BCUT2D eigenvalue weighted by atomic mass is 10.4. The molecular weight excluding hydrogens is 246 g/mol. The van der Waals surface area contributed by atoms with Gasteiger partial charge in [0.1, 0.15) is 21.5 Å². The summed E-state index contributed by atoms with van der Waals surface area (Å²) in [6.45, 7) is 0. The predicted molar refractivity (Wildman–Crippen MR) is 60.8 cm³/mol. The number of nitrogens with zero attached hydrogens (tertiary/aromatic N) is 3. The Hall–Kier alpha value is -1.46. The third kappa shape index (κ3) is 2.37. The minimum absolute atomic E-state index is 0.156. The molecule has 0 bridgehead atoms. The highest BCUT2D eigenvalue weighted by molar-refractivity contribution is 7.99. The van der Waals surface area contributed by atoms with Gasteiger partial charge in [-0.1, -0.05) is 17.7 Å². The first-order valence-corrected chi connectivity index (χ1v) is 5.55. The number of hydrogen-bond acceptors (Lipinski definition) is 5. The Balaban J connectivity index is 2.35. The third-order valence-corrected chi connectivity index (χ3v) is 3.03. The molecule has 0 radical (unpaired) electrons. The molecule has 2 aromatic rings. The molecule has 0 aliphatic rings. The molecule has 0 aliphatic heterocycles. The Morgan fingerprint density at radius 1 is 1.25 bits per heavy atom. The first kappa shape index (κ1) is 11.0. The highest BCUT2D eigenvalue weighted by atomic mass is 35.5. The van der Waals surface area contributed by atoms with E-state index in [0.29, 0.717) is 16.9 Å². The van der Waals surface area contributed by atoms with Crippen LogP contribution >= 0.6 is 23.4 Å². The maximum atomic E-state index is 10.8. The molecule has 0 unspecified atom stereocenters. The summed E-state index contributed by atoms with van der Waals surface area (Å²) in [7, 11) is 0. The fourth-order valence-corrected chi connectivity index (χ4v) is 2.09. The maximum absolute atomic E-state index is 10.8. The second-order valence-electron chi connectivity index (χ2n) is 2.77. The van der Waals surface area contributed by atoms with E-state index in [9.17, 15) is 4.79 Å². The van der Waals surface area contributed by atoms with Gasteiger partial charge in [-0.05, 0) is 23.9 Å². The molecule has 16 heavy (non-hydrogen) atoms. The third-order valence-electron chi connectivity index (χ3n) is 1.76. The van der Waals surface area contributed by atoms with Gasteiger partial charge >= 0.3 is 0 Å². The Labute approximate surface area is 101 Å². The Bertz CT molecular complexity index is 507. The Morgan fingerprint density at radius 3 is 2.81 bits per heavy atom. The van der Waals surface area contributed by atoms with E-state index in [1.54, 1.807) is 6.20 Å². The Kier molecular flexibility index (Phi) is 3.48. The van der Waals surface area contributed by atoms with Crippen molar-refractivity contribution < 1.29 is 4.79 Å². The van der Waals surface area contributed by atoms with E-state index < -0.39 is 0 Å². The summed E-state index contributed by atoms with van der Waals surface area (Å²) in [5.41, 5.74) is 0.291. The maximum Gasteiger partial charge on any atom is 0.155 e. The molecule has 4 nitrogen and oxygen atoms in total. The van der Waals surface area contributed by atoms with Gasteiger partial charge in [-0.25, -0.2) is 15.0 Å². The van der Waals surface area contributed by atoms with Crippen molar-refractivity contribution in [3.05, 3.63) is 41.4 Å². The second-order valence-corrected chi connectivity index (χ2v) is 4.14. The number of aromatic nitrogens is 3. The van der Waals surface area contributed by atoms with Crippen LogP contribution in [0.15, 0.2) is 40.8 Å². The van der Waals surface area contributed by atoms with Crippen LogP contribution in [0.4, 0.5) is 0 Å². The molecule has 0 N–H and O–H groups in total. The lowest BCUT2D eigenvalue weighted by Crippen LogP contribution is -1.94. The zero-order chi connectivity index (χ0) is 11.4. The number of pyridine rings is 1. The molecule has 0 amide bonds. The van der Waals surface area contributed by atoms with Gasteiger partial charge < -0.3 is 0 Å². The highest BCUT2D eigenvalue weighted by Crippen LogP contribution is 2.28. The van der Waals surface area contributed by atoms with Crippen LogP contribution in [0, 0.1) is 0 Å². The zero-order valence-corrected chi connectivity index (χ0v) is 9.57. The largest absolute Gasteiger partial charge is 0.298 e. The summed E-state index contributed by atoms with van der Waals surface area (Å²) in [5.74, 6) is 0. The molecule has 0 saturated carbocycles. The van der Waals surface area contributed by atoms with Crippen LogP contribution in [0.5, 0.6) is 0 Å². The summed E-state index contributed by atoms with van der Waals surface area (Å²) in [4.78, 5) is 22.7. The van der Waals surface area contributed by atoms with Crippen molar-refractivity contribution in [2.45, 2.75) is 10.1 Å². The van der Waals surface area contributed by atoms with Crippen LogP contribution in [0.3, 0.4) is 0 Å². The molecule has 0 saturated heterocycles. The molecule has 0 aromatic carbocycles. The Morgan fingerprint density at radius 2 is 2.12 bits per heavy atom. The normalized spacial score (nSPS) is 10.1. The minimum atomic E-state index is 0.156. The van der Waals surface area contributed by atoms with Gasteiger partial charge in [-0.2, -0.15) is 0 Å². The number of carbonyl (C=O) groups excluding carboxylic acids is 1. The van der Waals surface area contributed by atoms with E-state index in [1.165, 1.54) is 18.1 Å². The predicted octanol–water partition coefficient (Wildman–Crippen LogP) is 2.49. The van der Waals surface area contributed by atoms with Gasteiger partial charge in [0.05, 0.1) is 5.56 Å². The smallest absolute Gasteiger partial charge is 0.155 e. The van der Waals surface area contributed by atoms with Gasteiger partial charge in [0.2, 0.25) is 0 Å². The van der Waals surface area contributed by atoms with Crippen LogP contribution in [-0.4, -0.2) is 21.2 Å². The van der Waals surface area contributed by atoms with Crippen LogP contribution in [-0.2, 0) is 0 Å². The standard InChI is InChI=1S/C10H6ClN3OS/c11-9-7(5-15)10(14-6-13-9)16-8-3-1-2-4-12-8/h1-6H. The van der Waals surface area contributed by atoms with Crippen molar-refractivity contribution in [3.63, 3.8) is 0 Å². The SMILES string of the molecule is O=Cc1c(Cl)ncnc1Sc1ccccn1. The molecule has 80 valence electrons. The van der Waals surface area contributed by atoms with Crippen LogP contribution in [0.25, 0.3) is 0 Å². The lowest BCUT2D eigenvalue weighted by molar-refractivity contribution is 0.112. The molecule has 0 aliphatic carbocycles. The molecule has 0 spiro atoms. The molecule has 0 atom stereocenters. The molecular formula is C10H6ClN3OS. The molecule has 2 rings (SSSR count). The number of carbonyl (C=O) groups is 1. The van der Waals surface area contributed by atoms with Gasteiger partial charge in [0.15, 0.2) is 6.29 Å². The zero-order valence-electron chi connectivity index (χ0n) is 8.00. The van der Waals surface area contributed by atoms with Crippen LogP contribution in [0.2, 0.25) is 5.15 Å². The van der Waals surface area contributed by atoms with Crippen LogP contribution in [0.1, 0.15) is 10.4 Å². The van der Waals surface area contributed by atoms with E-state index in [2.05, 4.69) is 15.0 Å². The molecule has 6 heteroatoms. The number of hydrogen-bond donors (Lipinski definition) is 0. The van der Waals surface area contributed by atoms with E-state index in [-0.39, 0.29) is 5.15 Å². The van der Waals surface area contributed by atoms with Crippen LogP contribution < -0.4 is 0 Å². The topological polar surface area (TPSA) is 55.7 Å². The quantitative estimate of drug-likeness (QED) is 0.620. The average molecular weight is 252 g/mol. The molecule has 0 fully saturated rings. The van der Waals surface area contributed by atoms with E-state index in [1.807, 2.05) is 18.2 Å². The summed E-state index contributed by atoms with van der Waals surface area (Å²) < 4.78 is 0. The van der Waals surface area contributed by atoms with Crippen molar-refractivity contribution in [2.75, 3.05) is 0 Å². The molecule has 2 heterocycles. The second kappa shape index (κ2) is 5.05. The summed E-state index contributed by atoms with van der Waals surface area (Å²) in [6.07, 6.45) is 3.64. The highest BCUT2D eigenvalue weighted by Gasteiger charge is 2.10. The fraction of sp³-hybridized carbons (Fsp3) is 0. The number of aldehydes is 1. The molecule has 2 aromatic heterocycles. The van der Waals surface area contributed by atoms with Crippen molar-refractivity contribution in [2.24, 2.45) is 0 Å². The van der Waals surface area contributed by atoms with Gasteiger partial charge in [-0.3, -0.25) is 4.79 Å². The van der Waals surface area contributed by atoms with Gasteiger partial charge in [-0.15, -0.1) is 0 Å². The first-order valence-electron chi connectivity index (χ1n) is 4.36. The lowest BCUT2D eigenvalue weighted by Gasteiger charge is -2.02. The van der Waals surface area contributed by atoms with Crippen molar-refractivity contribution >= 4 is 29.6 Å². The van der Waals surface area contributed by atoms with Gasteiger partial charge in [0, 0.05) is 6.20 Å². The van der Waals surface area contributed by atoms with Crippen molar-refractivity contribution in [1.82, 2.24) is 15.0 Å². The van der Waals surface area contributed by atoms with E-state index in [4.69, 9.17) is 11.6 Å². The number of rotatable bonds is 3. The van der Waals surface area contributed by atoms with E-state index in [0.717, 1.165) is 5.03 Å². The fourth-order valence-electron chi connectivity index (χ4n) is 1.05. The van der Waals surface area contributed by atoms with Crippen molar-refractivity contribution in [1.29, 1.82) is 0 Å². The minimum Gasteiger partial charge on any atom is -0.298 e.